The second kappa shape index (κ2) is 9.68. The van der Waals surface area contributed by atoms with Crippen molar-refractivity contribution >= 4 is 28.6 Å². The number of rotatable bonds is 4. The Morgan fingerprint density at radius 2 is 1.77 bits per heavy atom. The van der Waals surface area contributed by atoms with E-state index in [9.17, 15) is 9.59 Å². The number of aromatic nitrogens is 1. The van der Waals surface area contributed by atoms with Crippen molar-refractivity contribution in [1.82, 2.24) is 20.1 Å². The van der Waals surface area contributed by atoms with Crippen LogP contribution in [0.2, 0.25) is 0 Å². The van der Waals surface area contributed by atoms with Gasteiger partial charge < -0.3 is 24.8 Å². The van der Waals surface area contributed by atoms with Gasteiger partial charge >= 0.3 is 12.1 Å². The van der Waals surface area contributed by atoms with Gasteiger partial charge in [-0.05, 0) is 31.2 Å². The first-order valence-corrected chi connectivity index (χ1v) is 13.7. The Morgan fingerprint density at radius 3 is 2.51 bits per heavy atom. The minimum atomic E-state index is -0.229. The first-order chi connectivity index (χ1) is 17.1. The van der Waals surface area contributed by atoms with Crippen LogP contribution in [-0.4, -0.2) is 64.7 Å². The summed E-state index contributed by atoms with van der Waals surface area (Å²) in [6.07, 6.45) is 7.34. The Morgan fingerprint density at radius 1 is 1.03 bits per heavy atom. The smallest absolute Gasteiger partial charge is 0.410 e. The third kappa shape index (κ3) is 4.70. The zero-order valence-electron chi connectivity index (χ0n) is 20.0. The minimum Gasteiger partial charge on any atom is -0.445 e. The number of nitrogens with zero attached hydrogens (tertiary/aromatic N) is 4. The summed E-state index contributed by atoms with van der Waals surface area (Å²) in [5, 5.41) is 4.27. The van der Waals surface area contributed by atoms with Crippen LogP contribution in [0.1, 0.15) is 54.7 Å². The molecule has 3 aliphatic heterocycles. The maximum atomic E-state index is 12.8. The lowest BCUT2D eigenvalue weighted by atomic mass is 10.2. The van der Waals surface area contributed by atoms with E-state index < -0.39 is 0 Å². The molecule has 4 heterocycles. The largest absolute Gasteiger partial charge is 0.445 e. The van der Waals surface area contributed by atoms with E-state index in [4.69, 9.17) is 9.72 Å². The molecule has 0 spiro atoms. The van der Waals surface area contributed by atoms with Crippen molar-refractivity contribution in [2.75, 3.05) is 24.5 Å². The molecule has 2 unspecified atom stereocenters. The Labute approximate surface area is 210 Å². The monoisotopic (exact) mass is 495 g/mol. The predicted molar refractivity (Wildman–Crippen MR) is 135 cm³/mol. The third-order valence-electron chi connectivity index (χ3n) is 7.86. The van der Waals surface area contributed by atoms with E-state index >= 15 is 0 Å². The highest BCUT2D eigenvalue weighted by molar-refractivity contribution is 7.15. The number of piperazine rings is 1. The maximum Gasteiger partial charge on any atom is 0.410 e. The van der Waals surface area contributed by atoms with Crippen LogP contribution in [0.3, 0.4) is 0 Å². The normalized spacial score (nSPS) is 23.9. The number of urea groups is 1. The fraction of sp³-hybridized carbons (Fsp3) is 0.577. The van der Waals surface area contributed by atoms with Gasteiger partial charge in [0.05, 0.1) is 12.2 Å². The molecular weight excluding hydrogens is 462 g/mol. The molecule has 8 nitrogen and oxygen atoms in total. The van der Waals surface area contributed by atoms with Crippen LogP contribution in [0, 0.1) is 0 Å². The van der Waals surface area contributed by atoms with E-state index in [1.165, 1.54) is 17.7 Å². The fourth-order valence-electron chi connectivity index (χ4n) is 5.98. The van der Waals surface area contributed by atoms with Crippen molar-refractivity contribution in [3.8, 4) is 0 Å². The number of anilines is 1. The lowest BCUT2D eigenvalue weighted by Crippen LogP contribution is -2.55. The van der Waals surface area contributed by atoms with Crippen molar-refractivity contribution in [1.29, 1.82) is 0 Å². The summed E-state index contributed by atoms with van der Waals surface area (Å²) in [6, 6.07) is 10.8. The van der Waals surface area contributed by atoms with Crippen LogP contribution in [0.15, 0.2) is 30.3 Å². The molecule has 6 rings (SSSR count). The topological polar surface area (TPSA) is 78.0 Å². The number of thiazole rings is 1. The Balaban J connectivity index is 1.07. The number of nitrogens with one attached hydrogen (secondary N) is 1. The van der Waals surface area contributed by atoms with Crippen molar-refractivity contribution < 1.29 is 14.3 Å². The van der Waals surface area contributed by atoms with Gasteiger partial charge in [-0.25, -0.2) is 14.6 Å². The molecule has 1 aromatic heterocycles. The van der Waals surface area contributed by atoms with Gasteiger partial charge in [-0.1, -0.05) is 54.5 Å². The van der Waals surface area contributed by atoms with Crippen LogP contribution in [0.4, 0.5) is 14.7 Å². The van der Waals surface area contributed by atoms with Crippen molar-refractivity contribution in [3.63, 3.8) is 0 Å². The summed E-state index contributed by atoms with van der Waals surface area (Å²) in [5.74, 6) is 0. The Bertz CT molecular complexity index is 1060. The number of carbonyl (C=O) groups is 2. The molecule has 9 heteroatoms. The van der Waals surface area contributed by atoms with Gasteiger partial charge in [-0.15, -0.1) is 0 Å². The van der Waals surface area contributed by atoms with Crippen LogP contribution in [0.25, 0.3) is 0 Å². The number of amides is 3. The van der Waals surface area contributed by atoms with Gasteiger partial charge in [0.1, 0.15) is 6.61 Å². The molecule has 2 atom stereocenters. The molecule has 4 aliphatic rings. The first-order valence-electron chi connectivity index (χ1n) is 12.9. The zero-order valence-corrected chi connectivity index (χ0v) is 20.8. The molecule has 1 aromatic carbocycles. The van der Waals surface area contributed by atoms with Gasteiger partial charge in [0.2, 0.25) is 0 Å². The van der Waals surface area contributed by atoms with Gasteiger partial charge in [0, 0.05) is 49.1 Å². The number of likely N-dealkylation sites (tertiary alicyclic amines) is 1. The Kier molecular flexibility index (Phi) is 6.26. The van der Waals surface area contributed by atoms with Crippen LogP contribution < -0.4 is 10.2 Å². The summed E-state index contributed by atoms with van der Waals surface area (Å²) >= 11 is 1.73. The second-order valence-electron chi connectivity index (χ2n) is 10.2. The number of benzene rings is 1. The summed E-state index contributed by atoms with van der Waals surface area (Å²) in [4.78, 5) is 38.0. The lowest BCUT2D eigenvalue weighted by molar-refractivity contribution is 0.0881. The molecular formula is C26H33N5O3S. The van der Waals surface area contributed by atoms with Gasteiger partial charge in [-0.2, -0.15) is 0 Å². The summed E-state index contributed by atoms with van der Waals surface area (Å²) in [7, 11) is 0. The second-order valence-corrected chi connectivity index (χ2v) is 11.3. The van der Waals surface area contributed by atoms with Crippen molar-refractivity contribution in [2.45, 2.75) is 76.2 Å². The van der Waals surface area contributed by atoms with Crippen LogP contribution in [0.5, 0.6) is 0 Å². The number of carbonyl (C=O) groups excluding carboxylic acids is 2. The molecule has 0 radical (unpaired) electrons. The van der Waals surface area contributed by atoms with Crippen molar-refractivity contribution in [3.05, 3.63) is 46.5 Å². The SMILES string of the molecule is O=C(NC1CCCC1)N1CCc2nc(N3C4CCC3CN(C(=O)OCc3ccccc3)C4)sc2C1. The van der Waals surface area contributed by atoms with Crippen LogP contribution >= 0.6 is 11.3 Å². The molecule has 2 saturated heterocycles. The highest BCUT2D eigenvalue weighted by atomic mass is 32.1. The number of ether oxygens (including phenoxy) is 1. The molecule has 2 aromatic rings. The van der Waals surface area contributed by atoms with Gasteiger partial charge in [0.25, 0.3) is 0 Å². The number of hydrogen-bond acceptors (Lipinski definition) is 6. The number of hydrogen-bond donors (Lipinski definition) is 1. The lowest BCUT2D eigenvalue weighted by Gasteiger charge is -2.40. The summed E-state index contributed by atoms with van der Waals surface area (Å²) < 4.78 is 5.59. The first kappa shape index (κ1) is 22.6. The summed E-state index contributed by atoms with van der Waals surface area (Å²) in [6.45, 7) is 3.02. The van der Waals surface area contributed by atoms with Crippen molar-refractivity contribution in [2.24, 2.45) is 0 Å². The fourth-order valence-corrected chi connectivity index (χ4v) is 7.24. The highest BCUT2D eigenvalue weighted by Crippen LogP contribution is 2.39. The quantitative estimate of drug-likeness (QED) is 0.690. The molecule has 1 N–H and O–H groups in total. The Hall–Kier alpha value is -2.81. The average Bonchev–Trinajstić information content (AvgIpc) is 3.60. The standard InChI is InChI=1S/C26H33N5O3S/c32-24(27-19-8-4-5-9-19)29-13-12-22-23(16-29)35-25(28-22)31-20-10-11-21(31)15-30(14-20)26(33)34-17-18-6-2-1-3-7-18/h1-3,6-7,19-21H,4-5,8-17H2,(H,27,32). The van der Waals surface area contributed by atoms with Crippen LogP contribution in [-0.2, 0) is 24.3 Å². The zero-order chi connectivity index (χ0) is 23.8. The molecule has 1 saturated carbocycles. The molecule has 2 bridgehead atoms. The van der Waals surface area contributed by atoms with Gasteiger partial charge in [-0.3, -0.25) is 0 Å². The molecule has 186 valence electrons. The number of fused-ring (bicyclic) bond motifs is 3. The molecule has 1 aliphatic carbocycles. The minimum absolute atomic E-state index is 0.0696. The molecule has 35 heavy (non-hydrogen) atoms. The maximum absolute atomic E-state index is 12.8. The average molecular weight is 496 g/mol. The van der Waals surface area contributed by atoms with E-state index in [-0.39, 0.29) is 24.2 Å². The van der Waals surface area contributed by atoms with E-state index in [1.807, 2.05) is 40.1 Å². The van der Waals surface area contributed by atoms with E-state index in [0.717, 1.165) is 55.0 Å². The molecule has 3 amide bonds. The van der Waals surface area contributed by atoms with E-state index in [1.54, 1.807) is 11.3 Å². The summed E-state index contributed by atoms with van der Waals surface area (Å²) in [5.41, 5.74) is 2.14. The van der Waals surface area contributed by atoms with Gasteiger partial charge in [0.15, 0.2) is 5.13 Å². The van der Waals surface area contributed by atoms with E-state index in [0.29, 0.717) is 32.3 Å². The molecule has 3 fully saturated rings. The highest BCUT2D eigenvalue weighted by Gasteiger charge is 2.43. The van der Waals surface area contributed by atoms with E-state index in [2.05, 4.69) is 10.2 Å². The predicted octanol–water partition coefficient (Wildman–Crippen LogP) is 4.14. The third-order valence-corrected chi connectivity index (χ3v) is 8.95.